The standard InChI is InChI=1S/C15H15N3O4S2/c1-21-12-6-4-11(5-7-12)15-17-13(22-18-15)8-9-16-24(19,20)14-3-2-10-23-14/h2-7,10,16H,8-9H2,1H3. The number of methoxy groups -OCH3 is 1. The Labute approximate surface area is 143 Å². The molecule has 0 aliphatic rings. The Morgan fingerprint density at radius 3 is 2.71 bits per heavy atom. The summed E-state index contributed by atoms with van der Waals surface area (Å²) in [6.07, 6.45) is 0.313. The summed E-state index contributed by atoms with van der Waals surface area (Å²) in [5.41, 5.74) is 0.796. The Balaban J connectivity index is 1.60. The van der Waals surface area contributed by atoms with E-state index in [4.69, 9.17) is 9.26 Å². The molecule has 0 saturated carbocycles. The zero-order valence-corrected chi connectivity index (χ0v) is 14.4. The van der Waals surface area contributed by atoms with Crippen LogP contribution in [-0.2, 0) is 16.4 Å². The number of aromatic nitrogens is 2. The van der Waals surface area contributed by atoms with Gasteiger partial charge in [0.25, 0.3) is 0 Å². The second-order valence-electron chi connectivity index (χ2n) is 4.82. The van der Waals surface area contributed by atoms with Crippen molar-refractivity contribution in [1.82, 2.24) is 14.9 Å². The lowest BCUT2D eigenvalue weighted by Crippen LogP contribution is -2.25. The van der Waals surface area contributed by atoms with Crippen LogP contribution in [0.15, 0.2) is 50.5 Å². The van der Waals surface area contributed by atoms with Gasteiger partial charge in [-0.25, -0.2) is 13.1 Å². The maximum absolute atomic E-state index is 12.0. The molecule has 3 aromatic rings. The van der Waals surface area contributed by atoms with Crippen LogP contribution in [0.1, 0.15) is 5.89 Å². The quantitative estimate of drug-likeness (QED) is 0.690. The van der Waals surface area contributed by atoms with Crippen LogP contribution in [0, 0.1) is 0 Å². The lowest BCUT2D eigenvalue weighted by molar-refractivity contribution is 0.379. The highest BCUT2D eigenvalue weighted by atomic mass is 32.2. The van der Waals surface area contributed by atoms with E-state index in [1.165, 1.54) is 11.3 Å². The smallest absolute Gasteiger partial charge is 0.250 e. The second kappa shape index (κ2) is 7.12. The molecule has 2 aromatic heterocycles. The minimum absolute atomic E-state index is 0.185. The fraction of sp³-hybridized carbons (Fsp3) is 0.200. The Morgan fingerprint density at radius 2 is 2.04 bits per heavy atom. The summed E-state index contributed by atoms with van der Waals surface area (Å²) in [5, 5.41) is 5.62. The van der Waals surface area contributed by atoms with Crippen molar-refractivity contribution in [3.63, 3.8) is 0 Å². The molecule has 0 atom stereocenters. The second-order valence-corrected chi connectivity index (χ2v) is 7.76. The van der Waals surface area contributed by atoms with Gasteiger partial charge >= 0.3 is 0 Å². The molecule has 0 unspecified atom stereocenters. The van der Waals surface area contributed by atoms with Crippen molar-refractivity contribution in [2.45, 2.75) is 10.6 Å². The SMILES string of the molecule is COc1ccc(-c2noc(CCNS(=O)(=O)c3cccs3)n2)cc1. The van der Waals surface area contributed by atoms with Crippen LogP contribution in [0.25, 0.3) is 11.4 Å². The number of ether oxygens (including phenoxy) is 1. The molecule has 0 spiro atoms. The molecule has 126 valence electrons. The predicted molar refractivity (Wildman–Crippen MR) is 89.5 cm³/mol. The highest BCUT2D eigenvalue weighted by molar-refractivity contribution is 7.91. The van der Waals surface area contributed by atoms with E-state index in [-0.39, 0.29) is 10.8 Å². The van der Waals surface area contributed by atoms with Gasteiger partial charge < -0.3 is 9.26 Å². The first-order chi connectivity index (χ1) is 11.6. The van der Waals surface area contributed by atoms with Crippen LogP contribution in [0.2, 0.25) is 0 Å². The van der Waals surface area contributed by atoms with Gasteiger partial charge in [-0.05, 0) is 35.7 Å². The molecule has 0 amide bonds. The van der Waals surface area contributed by atoms with E-state index in [0.29, 0.717) is 18.1 Å². The van der Waals surface area contributed by atoms with E-state index in [9.17, 15) is 8.42 Å². The van der Waals surface area contributed by atoms with Crippen LogP contribution < -0.4 is 9.46 Å². The third-order valence-electron chi connectivity index (χ3n) is 3.21. The third-order valence-corrected chi connectivity index (χ3v) is 6.07. The van der Waals surface area contributed by atoms with Crippen LogP contribution >= 0.6 is 11.3 Å². The molecule has 0 aliphatic heterocycles. The van der Waals surface area contributed by atoms with Crippen LogP contribution in [-0.4, -0.2) is 32.2 Å². The van der Waals surface area contributed by atoms with Gasteiger partial charge in [-0.15, -0.1) is 11.3 Å². The Bertz CT molecular complexity index is 887. The van der Waals surface area contributed by atoms with Crippen molar-refractivity contribution in [2.24, 2.45) is 0 Å². The molecule has 2 heterocycles. The molecular weight excluding hydrogens is 350 g/mol. The van der Waals surface area contributed by atoms with Crippen molar-refractivity contribution >= 4 is 21.4 Å². The molecule has 0 fully saturated rings. The summed E-state index contributed by atoms with van der Waals surface area (Å²) >= 11 is 1.17. The maximum Gasteiger partial charge on any atom is 0.250 e. The van der Waals surface area contributed by atoms with Crippen molar-refractivity contribution in [2.75, 3.05) is 13.7 Å². The molecule has 7 nitrogen and oxygen atoms in total. The first-order valence-corrected chi connectivity index (χ1v) is 9.45. The molecule has 0 aliphatic carbocycles. The minimum Gasteiger partial charge on any atom is -0.497 e. The van der Waals surface area contributed by atoms with E-state index in [0.717, 1.165) is 11.3 Å². The summed E-state index contributed by atoms with van der Waals surface area (Å²) in [4.78, 5) is 4.27. The zero-order valence-electron chi connectivity index (χ0n) is 12.8. The van der Waals surface area contributed by atoms with Gasteiger partial charge in [-0.1, -0.05) is 11.2 Å². The maximum atomic E-state index is 12.0. The zero-order chi connectivity index (χ0) is 17.0. The normalized spacial score (nSPS) is 11.5. The van der Waals surface area contributed by atoms with Gasteiger partial charge in [-0.3, -0.25) is 0 Å². The monoisotopic (exact) mass is 365 g/mol. The van der Waals surface area contributed by atoms with E-state index in [1.807, 2.05) is 12.1 Å². The minimum atomic E-state index is -3.48. The van der Waals surface area contributed by atoms with E-state index in [1.54, 1.807) is 36.8 Å². The summed E-state index contributed by atoms with van der Waals surface area (Å²) in [6, 6.07) is 10.5. The summed E-state index contributed by atoms with van der Waals surface area (Å²) in [6.45, 7) is 0.185. The summed E-state index contributed by atoms with van der Waals surface area (Å²) in [7, 11) is -1.88. The number of hydrogen-bond acceptors (Lipinski definition) is 7. The van der Waals surface area contributed by atoms with Gasteiger partial charge in [0.2, 0.25) is 21.7 Å². The van der Waals surface area contributed by atoms with Gasteiger partial charge in [0.1, 0.15) is 9.96 Å². The number of nitrogens with zero attached hydrogens (tertiary/aromatic N) is 2. The Kier molecular flexibility index (Phi) is 4.93. The van der Waals surface area contributed by atoms with E-state index >= 15 is 0 Å². The average molecular weight is 365 g/mol. The fourth-order valence-corrected chi connectivity index (χ4v) is 4.06. The molecule has 9 heteroatoms. The molecule has 0 radical (unpaired) electrons. The number of benzene rings is 1. The number of nitrogens with one attached hydrogen (secondary N) is 1. The lowest BCUT2D eigenvalue weighted by Gasteiger charge is -2.02. The highest BCUT2D eigenvalue weighted by Crippen LogP contribution is 2.20. The molecule has 24 heavy (non-hydrogen) atoms. The highest BCUT2D eigenvalue weighted by Gasteiger charge is 2.15. The number of rotatable bonds is 7. The number of thiophene rings is 1. The molecule has 3 rings (SSSR count). The van der Waals surface area contributed by atoms with Crippen LogP contribution in [0.5, 0.6) is 5.75 Å². The average Bonchev–Trinajstić information content (AvgIpc) is 3.27. The van der Waals surface area contributed by atoms with Crippen molar-refractivity contribution < 1.29 is 17.7 Å². The summed E-state index contributed by atoms with van der Waals surface area (Å²) in [5.74, 6) is 1.56. The van der Waals surface area contributed by atoms with Crippen molar-refractivity contribution in [3.8, 4) is 17.1 Å². The largest absolute Gasteiger partial charge is 0.497 e. The predicted octanol–water partition coefficient (Wildman–Crippen LogP) is 2.33. The van der Waals surface area contributed by atoms with Crippen molar-refractivity contribution in [1.29, 1.82) is 0 Å². The first-order valence-electron chi connectivity index (χ1n) is 7.09. The van der Waals surface area contributed by atoms with E-state index < -0.39 is 10.0 Å². The third kappa shape index (κ3) is 3.81. The lowest BCUT2D eigenvalue weighted by atomic mass is 10.2. The number of hydrogen-bond donors (Lipinski definition) is 1. The molecule has 0 bridgehead atoms. The summed E-state index contributed by atoms with van der Waals surface area (Å²) < 4.78 is 37.0. The fourth-order valence-electron chi connectivity index (χ4n) is 1.99. The number of sulfonamides is 1. The van der Waals surface area contributed by atoms with Gasteiger partial charge in [0.05, 0.1) is 7.11 Å². The van der Waals surface area contributed by atoms with Crippen molar-refractivity contribution in [3.05, 3.63) is 47.7 Å². The van der Waals surface area contributed by atoms with Crippen LogP contribution in [0.4, 0.5) is 0 Å². The molecule has 1 aromatic carbocycles. The first kappa shape index (κ1) is 16.6. The molecular formula is C15H15N3O4S2. The Hall–Kier alpha value is -2.23. The van der Waals surface area contributed by atoms with Gasteiger partial charge in [0.15, 0.2) is 0 Å². The van der Waals surface area contributed by atoms with E-state index in [2.05, 4.69) is 14.9 Å². The van der Waals surface area contributed by atoms with Crippen LogP contribution in [0.3, 0.4) is 0 Å². The molecule has 0 saturated heterocycles. The van der Waals surface area contributed by atoms with Gasteiger partial charge in [-0.2, -0.15) is 4.98 Å². The van der Waals surface area contributed by atoms with Gasteiger partial charge in [0, 0.05) is 18.5 Å². The molecule has 1 N–H and O–H groups in total. The Morgan fingerprint density at radius 1 is 1.25 bits per heavy atom. The topological polar surface area (TPSA) is 94.3 Å².